The van der Waals surface area contributed by atoms with Crippen LogP contribution in [0.3, 0.4) is 0 Å². The fourth-order valence-corrected chi connectivity index (χ4v) is 0. The molecule has 3 nitrogen and oxygen atoms in total. The van der Waals surface area contributed by atoms with Gasteiger partial charge in [0.25, 0.3) is 0 Å². The molecule has 0 heterocycles. The minimum atomic E-state index is 0. The molecule has 4 heavy (non-hydrogen) atoms. The molecule has 0 radical (unpaired) electrons. The third-order valence-corrected chi connectivity index (χ3v) is 0. The summed E-state index contributed by atoms with van der Waals surface area (Å²) >= 11 is 0. The molecular weight excluding hydrogens is 105 g/mol. The van der Waals surface area contributed by atoms with Crippen LogP contribution in [-0.4, -0.2) is 5.21 Å². The largest absolute Gasteiger partial charge is 0.379 e. The van der Waals surface area contributed by atoms with E-state index >= 15 is 0 Å². The van der Waals surface area contributed by atoms with Crippen LogP contribution < -0.4 is 0 Å². The van der Waals surface area contributed by atoms with Crippen LogP contribution in [0.25, 0.3) is 0 Å². The van der Waals surface area contributed by atoms with Crippen molar-refractivity contribution in [3.8, 4) is 0 Å². The van der Waals surface area contributed by atoms with E-state index in [4.69, 9.17) is 10.1 Å². The fraction of sp³-hybridized carbons (Fsp3) is 0. The van der Waals surface area contributed by atoms with Crippen LogP contribution >= 0.6 is 0 Å². The normalized spacial score (nSPS) is 3.00. The van der Waals surface area contributed by atoms with E-state index in [0.717, 1.165) is 0 Å². The van der Waals surface area contributed by atoms with Crippen LogP contribution in [0.15, 0.2) is 5.34 Å². The number of hydrogen-bond acceptors (Lipinski definition) is 2. The third kappa shape index (κ3) is 133. The van der Waals surface area contributed by atoms with Gasteiger partial charge in [-0.05, 0) is 0 Å². The van der Waals surface area contributed by atoms with Crippen molar-refractivity contribution in [3.05, 3.63) is 4.91 Å². The second kappa shape index (κ2) is 13.0. The summed E-state index contributed by atoms with van der Waals surface area (Å²) < 4.78 is 0. The standard InChI is InChI=1S/HNO2.Ni/c2-1-3;/h(H,2,3);. The fourth-order valence-electron chi connectivity index (χ4n) is 0. The monoisotopic (exact) mass is 105 g/mol. The van der Waals surface area contributed by atoms with Crippen molar-refractivity contribution in [1.82, 2.24) is 0 Å². The molecule has 0 aliphatic rings. The SMILES string of the molecule is O=NO.[Ni]. The molecule has 0 saturated carbocycles. The third-order valence-electron chi connectivity index (χ3n) is 0. The van der Waals surface area contributed by atoms with Gasteiger partial charge in [-0.2, -0.15) is 0 Å². The van der Waals surface area contributed by atoms with E-state index in [1.165, 1.54) is 5.34 Å². The molecule has 0 spiro atoms. The molecule has 0 aromatic heterocycles. The van der Waals surface area contributed by atoms with Crippen molar-refractivity contribution in [3.63, 3.8) is 0 Å². The molecule has 0 saturated heterocycles. The predicted molar refractivity (Wildman–Crippen MR) is 7.58 cm³/mol. The molecular formula is HNNiO2. The van der Waals surface area contributed by atoms with E-state index in [1.54, 1.807) is 0 Å². The van der Waals surface area contributed by atoms with Crippen LogP contribution in [0.2, 0.25) is 0 Å². The van der Waals surface area contributed by atoms with Crippen molar-refractivity contribution in [1.29, 1.82) is 0 Å². The molecule has 0 aliphatic heterocycles. The average molecular weight is 106 g/mol. The van der Waals surface area contributed by atoms with Gasteiger partial charge in [0.05, 0.1) is 0 Å². The Morgan fingerprint density at radius 1 is 1.75 bits per heavy atom. The molecule has 0 unspecified atom stereocenters. The maximum absolute atomic E-state index is 8.11. The predicted octanol–water partition coefficient (Wildman–Crippen LogP) is 0.140. The maximum atomic E-state index is 8.11. The van der Waals surface area contributed by atoms with Gasteiger partial charge in [0, 0.05) is 16.5 Å². The van der Waals surface area contributed by atoms with E-state index in [-0.39, 0.29) is 16.5 Å². The van der Waals surface area contributed by atoms with Crippen LogP contribution in [0, 0.1) is 4.91 Å². The van der Waals surface area contributed by atoms with Gasteiger partial charge in [-0.1, -0.05) is 0 Å². The van der Waals surface area contributed by atoms with E-state index in [9.17, 15) is 0 Å². The second-order valence-corrected chi connectivity index (χ2v) is 0.0816. The summed E-state index contributed by atoms with van der Waals surface area (Å²) in [6, 6.07) is 0. The van der Waals surface area contributed by atoms with Crippen molar-refractivity contribution < 1.29 is 21.7 Å². The molecule has 0 fully saturated rings. The Kier molecular flexibility index (Phi) is 29.5. The van der Waals surface area contributed by atoms with E-state index in [2.05, 4.69) is 0 Å². The Balaban J connectivity index is 0. The Bertz CT molecular complexity index is 13.5. The summed E-state index contributed by atoms with van der Waals surface area (Å²) in [7, 11) is 0. The minimum absolute atomic E-state index is 0. The molecule has 0 aromatic rings. The zero-order chi connectivity index (χ0) is 2.71. The Labute approximate surface area is 32.9 Å². The van der Waals surface area contributed by atoms with Gasteiger partial charge in [0.15, 0.2) is 5.34 Å². The summed E-state index contributed by atoms with van der Waals surface area (Å²) in [5.74, 6) is 0. The number of nitrogens with zero attached hydrogens (tertiary/aromatic N) is 1. The molecule has 0 amide bonds. The maximum Gasteiger partial charge on any atom is 0.152 e. The van der Waals surface area contributed by atoms with Crippen LogP contribution in [0.5, 0.6) is 0 Å². The molecule has 1 N–H and O–H groups in total. The molecule has 28 valence electrons. The van der Waals surface area contributed by atoms with Gasteiger partial charge in [0.1, 0.15) is 0 Å². The summed E-state index contributed by atoms with van der Waals surface area (Å²) in [5.41, 5.74) is 0. The first-order valence-corrected chi connectivity index (χ1v) is 0.383. The summed E-state index contributed by atoms with van der Waals surface area (Å²) in [4.78, 5) is 8.11. The second-order valence-electron chi connectivity index (χ2n) is 0.0816. The summed E-state index contributed by atoms with van der Waals surface area (Å²) in [6.07, 6.45) is 0. The van der Waals surface area contributed by atoms with Crippen molar-refractivity contribution in [2.75, 3.05) is 0 Å². The zero-order valence-electron chi connectivity index (χ0n) is 1.62. The Hall–Kier alpha value is -0.106. The van der Waals surface area contributed by atoms with Gasteiger partial charge in [-0.15, -0.1) is 4.91 Å². The zero-order valence-corrected chi connectivity index (χ0v) is 2.61. The van der Waals surface area contributed by atoms with Crippen LogP contribution in [0.4, 0.5) is 0 Å². The number of hydrogen-bond donors (Lipinski definition) is 1. The average Bonchev–Trinajstić information content (AvgIpc) is 0.918. The molecule has 0 atom stereocenters. The van der Waals surface area contributed by atoms with Gasteiger partial charge in [0.2, 0.25) is 0 Å². The molecule has 0 aromatic carbocycles. The number of rotatable bonds is 0. The van der Waals surface area contributed by atoms with Crippen molar-refractivity contribution in [2.45, 2.75) is 0 Å². The minimum Gasteiger partial charge on any atom is -0.379 e. The molecule has 0 rings (SSSR count). The smallest absolute Gasteiger partial charge is 0.152 e. The molecule has 0 aliphatic carbocycles. The van der Waals surface area contributed by atoms with Crippen molar-refractivity contribution in [2.24, 2.45) is 5.34 Å². The van der Waals surface area contributed by atoms with E-state index in [1.807, 2.05) is 0 Å². The Morgan fingerprint density at radius 3 is 1.75 bits per heavy atom. The molecule has 4 heteroatoms. The van der Waals surface area contributed by atoms with Gasteiger partial charge in [-0.25, -0.2) is 0 Å². The molecule has 0 bridgehead atoms. The first-order valence-electron chi connectivity index (χ1n) is 0.383. The van der Waals surface area contributed by atoms with Crippen LogP contribution in [0.1, 0.15) is 0 Å². The summed E-state index contributed by atoms with van der Waals surface area (Å²) in [5, 5.41) is 7.89. The summed E-state index contributed by atoms with van der Waals surface area (Å²) in [6.45, 7) is 0. The van der Waals surface area contributed by atoms with E-state index in [0.29, 0.717) is 0 Å². The van der Waals surface area contributed by atoms with Crippen molar-refractivity contribution >= 4 is 0 Å². The van der Waals surface area contributed by atoms with Gasteiger partial charge < -0.3 is 5.21 Å². The first-order chi connectivity index (χ1) is 1.41. The van der Waals surface area contributed by atoms with Crippen LogP contribution in [-0.2, 0) is 16.5 Å². The quantitative estimate of drug-likeness (QED) is 0.271. The Morgan fingerprint density at radius 2 is 1.75 bits per heavy atom. The van der Waals surface area contributed by atoms with E-state index < -0.39 is 0 Å². The van der Waals surface area contributed by atoms with Gasteiger partial charge >= 0.3 is 0 Å². The topological polar surface area (TPSA) is 49.7 Å². The van der Waals surface area contributed by atoms with Gasteiger partial charge in [-0.3, -0.25) is 0 Å². The first kappa shape index (κ1) is 9.09.